The Morgan fingerprint density at radius 2 is 1.47 bits per heavy atom. The number of sulfonamides is 1. The second-order valence-electron chi connectivity index (χ2n) is 16.5. The molecule has 0 radical (unpaired) electrons. The molecule has 18 heteroatoms. The summed E-state index contributed by atoms with van der Waals surface area (Å²) < 4.78 is 131. The third kappa shape index (κ3) is 9.97. The summed E-state index contributed by atoms with van der Waals surface area (Å²) in [7, 11) is -16.6. The number of rotatable bonds is 17. The number of hydrogen-bond donors (Lipinski definition) is 3. The van der Waals surface area contributed by atoms with Crippen molar-refractivity contribution in [2.75, 3.05) is 30.8 Å². The van der Waals surface area contributed by atoms with E-state index in [1.807, 2.05) is 39.0 Å². The zero-order valence-electron chi connectivity index (χ0n) is 35.6. The number of hydrogen-bond acceptors (Lipinski definition) is 10. The van der Waals surface area contributed by atoms with Crippen LogP contribution >= 0.6 is 0 Å². The molecule has 62 heavy (non-hydrogen) atoms. The van der Waals surface area contributed by atoms with Crippen molar-refractivity contribution in [1.82, 2.24) is 4.31 Å². The number of carbonyl (C=O) groups excluding carboxylic acids is 1. The Kier molecular flexibility index (Phi) is 13.7. The van der Waals surface area contributed by atoms with Gasteiger partial charge in [-0.3, -0.25) is 13.7 Å². The summed E-state index contributed by atoms with van der Waals surface area (Å²) in [6, 6.07) is 13.6. The molecule has 334 valence electrons. The minimum Gasteiger partial charge on any atom is -0.344 e. The first-order chi connectivity index (χ1) is 28.5. The third-order valence-electron chi connectivity index (χ3n) is 11.4. The average Bonchev–Trinajstić information content (AvgIpc) is 3.36. The molecule has 4 aromatic carbocycles. The SMILES string of the molecule is C=C(/C=C/C=C/C=C1/N(CCCS(=O)(=O)O)c2ccc3c(S(=O)(=O)O)cc(S(=O)(=O)O)cc3c2C1(C)C)C(C)(C)c1c(C)ccc2c(S(=O)(=O)N(C)CCCC(C)=O)cccc12. The van der Waals surface area contributed by atoms with Gasteiger partial charge in [0.25, 0.3) is 30.4 Å². The Balaban J connectivity index is 1.52. The molecule has 0 unspecified atom stereocenters. The van der Waals surface area contributed by atoms with E-state index in [-0.39, 0.29) is 47.4 Å². The summed E-state index contributed by atoms with van der Waals surface area (Å²) in [6.45, 7) is 15.7. The third-order valence-corrected chi connectivity index (χ3v) is 15.8. The highest BCUT2D eigenvalue weighted by Gasteiger charge is 2.42. The molecule has 0 atom stereocenters. The summed E-state index contributed by atoms with van der Waals surface area (Å²) in [6.07, 6.45) is 9.53. The molecule has 0 spiro atoms. The van der Waals surface area contributed by atoms with Crippen LogP contribution in [0.4, 0.5) is 5.69 Å². The van der Waals surface area contributed by atoms with Gasteiger partial charge < -0.3 is 9.69 Å². The van der Waals surface area contributed by atoms with Crippen molar-refractivity contribution in [2.24, 2.45) is 0 Å². The summed E-state index contributed by atoms with van der Waals surface area (Å²) >= 11 is 0. The molecule has 0 aromatic heterocycles. The minimum absolute atomic E-state index is 0.00164. The minimum atomic E-state index is -4.97. The largest absolute Gasteiger partial charge is 0.344 e. The maximum Gasteiger partial charge on any atom is 0.295 e. The van der Waals surface area contributed by atoms with E-state index in [2.05, 4.69) is 6.58 Å². The number of nitrogens with zero attached hydrogens (tertiary/aromatic N) is 2. The molecule has 4 aromatic rings. The van der Waals surface area contributed by atoms with Crippen LogP contribution in [0.2, 0.25) is 0 Å². The fourth-order valence-corrected chi connectivity index (χ4v) is 11.5. The molecule has 0 amide bonds. The van der Waals surface area contributed by atoms with E-state index in [0.717, 1.165) is 22.6 Å². The average molecular weight is 929 g/mol. The van der Waals surface area contributed by atoms with E-state index < -0.39 is 66.8 Å². The number of fused-ring (bicyclic) bond motifs is 4. The first-order valence-electron chi connectivity index (χ1n) is 19.5. The lowest BCUT2D eigenvalue weighted by atomic mass is 9.74. The zero-order valence-corrected chi connectivity index (χ0v) is 38.8. The van der Waals surface area contributed by atoms with Crippen LogP contribution in [0.3, 0.4) is 0 Å². The fourth-order valence-electron chi connectivity index (χ4n) is 8.23. The fraction of sp³-hybridized carbons (Fsp3) is 0.341. The lowest BCUT2D eigenvalue weighted by Gasteiger charge is -2.30. The van der Waals surface area contributed by atoms with Crippen LogP contribution in [0.5, 0.6) is 0 Å². The molecule has 0 fully saturated rings. The molecular formula is C44H52N2O12S4. The highest BCUT2D eigenvalue weighted by Crippen LogP contribution is 2.52. The van der Waals surface area contributed by atoms with Crippen LogP contribution in [0.15, 0.2) is 118 Å². The number of anilines is 1. The van der Waals surface area contributed by atoms with Gasteiger partial charge in [0.05, 0.1) is 15.5 Å². The van der Waals surface area contributed by atoms with Crippen molar-refractivity contribution in [2.45, 2.75) is 86.3 Å². The van der Waals surface area contributed by atoms with Crippen molar-refractivity contribution in [1.29, 1.82) is 0 Å². The van der Waals surface area contributed by atoms with Gasteiger partial charge >= 0.3 is 0 Å². The molecule has 1 aliphatic rings. The Labute approximate surface area is 364 Å². The Bertz CT molecular complexity index is 3040. The number of benzene rings is 4. The van der Waals surface area contributed by atoms with Crippen molar-refractivity contribution in [3.63, 3.8) is 0 Å². The van der Waals surface area contributed by atoms with Gasteiger partial charge in [-0.1, -0.05) is 88.9 Å². The quantitative estimate of drug-likeness (QED) is 0.0684. The van der Waals surface area contributed by atoms with Gasteiger partial charge in [0.1, 0.15) is 10.7 Å². The second kappa shape index (κ2) is 17.6. The van der Waals surface area contributed by atoms with Gasteiger partial charge in [-0.15, -0.1) is 0 Å². The van der Waals surface area contributed by atoms with Crippen LogP contribution in [0.1, 0.15) is 70.6 Å². The Hall–Kier alpha value is -4.53. The molecule has 0 saturated carbocycles. The molecule has 14 nitrogen and oxygen atoms in total. The number of Topliss-reactive ketones (excluding diaryl/α,β-unsaturated/α-hetero) is 1. The lowest BCUT2D eigenvalue weighted by Crippen LogP contribution is -2.28. The van der Waals surface area contributed by atoms with E-state index in [1.165, 1.54) is 24.3 Å². The van der Waals surface area contributed by atoms with Crippen LogP contribution in [0.25, 0.3) is 21.5 Å². The van der Waals surface area contributed by atoms with Gasteiger partial charge in [0.15, 0.2) is 0 Å². The Morgan fingerprint density at radius 1 is 0.823 bits per heavy atom. The smallest absolute Gasteiger partial charge is 0.295 e. The van der Waals surface area contributed by atoms with E-state index in [0.29, 0.717) is 40.4 Å². The molecule has 0 aliphatic carbocycles. The predicted molar refractivity (Wildman–Crippen MR) is 242 cm³/mol. The van der Waals surface area contributed by atoms with Crippen LogP contribution in [-0.2, 0) is 56.0 Å². The summed E-state index contributed by atoms with van der Waals surface area (Å²) in [5.74, 6) is -0.564. The number of allylic oxidation sites excluding steroid dienone is 7. The monoisotopic (exact) mass is 928 g/mol. The Morgan fingerprint density at radius 3 is 2.08 bits per heavy atom. The van der Waals surface area contributed by atoms with Gasteiger partial charge in [-0.05, 0) is 90.1 Å². The van der Waals surface area contributed by atoms with Gasteiger partial charge in [0.2, 0.25) is 10.0 Å². The van der Waals surface area contributed by atoms with Crippen LogP contribution in [-0.4, -0.2) is 83.3 Å². The topological polar surface area (TPSA) is 221 Å². The number of aryl methyl sites for hydroxylation is 1. The first-order valence-corrected chi connectivity index (χ1v) is 25.5. The molecule has 1 heterocycles. The lowest BCUT2D eigenvalue weighted by molar-refractivity contribution is -0.117. The van der Waals surface area contributed by atoms with Gasteiger partial charge in [-0.2, -0.15) is 25.3 Å². The number of ketones is 1. The molecule has 0 bridgehead atoms. The van der Waals surface area contributed by atoms with E-state index in [4.69, 9.17) is 0 Å². The highest BCUT2D eigenvalue weighted by molar-refractivity contribution is 7.89. The molecular weight excluding hydrogens is 877 g/mol. The predicted octanol–water partition coefficient (Wildman–Crippen LogP) is 7.69. The highest BCUT2D eigenvalue weighted by atomic mass is 32.2. The molecule has 5 rings (SSSR count). The van der Waals surface area contributed by atoms with Crippen molar-refractivity contribution in [3.05, 3.63) is 120 Å². The van der Waals surface area contributed by atoms with E-state index >= 15 is 0 Å². The second-order valence-corrected chi connectivity index (χ2v) is 22.9. The van der Waals surface area contributed by atoms with Gasteiger partial charge in [-0.25, -0.2) is 12.7 Å². The van der Waals surface area contributed by atoms with Crippen molar-refractivity contribution >= 4 is 73.4 Å². The summed E-state index contributed by atoms with van der Waals surface area (Å²) in [5.41, 5.74) is 2.37. The first kappa shape index (κ1) is 48.5. The molecule has 0 saturated heterocycles. The van der Waals surface area contributed by atoms with E-state index in [1.54, 1.807) is 67.3 Å². The normalized spacial score (nSPS) is 15.8. The summed E-state index contributed by atoms with van der Waals surface area (Å²) in [5, 5.41) is 1.42. The van der Waals surface area contributed by atoms with Crippen LogP contribution in [0, 0.1) is 6.92 Å². The molecule has 1 aliphatic heterocycles. The molecule has 3 N–H and O–H groups in total. The maximum atomic E-state index is 13.8. The van der Waals surface area contributed by atoms with Crippen molar-refractivity contribution < 1.29 is 52.1 Å². The van der Waals surface area contributed by atoms with Gasteiger partial charge in [0, 0.05) is 59.5 Å². The number of carbonyl (C=O) groups is 1. The summed E-state index contributed by atoms with van der Waals surface area (Å²) in [4.78, 5) is 11.9. The van der Waals surface area contributed by atoms with Crippen LogP contribution < -0.4 is 4.90 Å². The van der Waals surface area contributed by atoms with E-state index in [9.17, 15) is 52.1 Å². The standard InChI is InChI=1S/C44H52N2O12S4/c1-29-20-21-33-35(17-12-18-38(33)60(51,52)45(8)24-13-16-31(3)47)41(29)43(4,5)30(2)15-10-9-11-19-40-44(6,7)42-36-27-32(61(53,54)55)28-39(62(56,57)58)34(36)22-23-37(42)46(40)25-14-26-59(48,49)50/h9-12,15,17-23,27-28H,2,13-14,16,24-26H2,1,3-8H3,(H,48,49,50)(H,53,54,55)(H,56,57,58)/b11-9+,15-10+,40-19+. The zero-order chi connectivity index (χ0) is 46.4. The maximum absolute atomic E-state index is 13.8. The van der Waals surface area contributed by atoms with Crippen molar-refractivity contribution in [3.8, 4) is 0 Å².